The highest BCUT2D eigenvalue weighted by Crippen LogP contribution is 2.27. The summed E-state index contributed by atoms with van der Waals surface area (Å²) in [5, 5.41) is 10.6. The van der Waals surface area contributed by atoms with Gasteiger partial charge < -0.3 is 10.0 Å². The van der Waals surface area contributed by atoms with Crippen LogP contribution in [-0.2, 0) is 4.79 Å². The first-order chi connectivity index (χ1) is 9.78. The fourth-order valence-corrected chi connectivity index (χ4v) is 2.83. The number of carbonyl (C=O) groups is 2. The average Bonchev–Trinajstić information content (AvgIpc) is 2.78. The van der Waals surface area contributed by atoms with E-state index >= 15 is 0 Å². The molecule has 2 aromatic rings. The van der Waals surface area contributed by atoms with Gasteiger partial charge in [0, 0.05) is 15.5 Å². The zero-order chi connectivity index (χ0) is 15.6. The molecular formula is C13H10F3NO3S. The van der Waals surface area contributed by atoms with E-state index in [0.29, 0.717) is 5.39 Å². The molecule has 0 aliphatic carbocycles. The van der Waals surface area contributed by atoms with Crippen molar-refractivity contribution in [2.24, 2.45) is 0 Å². The van der Waals surface area contributed by atoms with Crippen molar-refractivity contribution in [2.75, 3.05) is 13.1 Å². The summed E-state index contributed by atoms with van der Waals surface area (Å²) in [5.41, 5.74) is 0.0844. The number of aliphatic carboxylic acids is 1. The zero-order valence-electron chi connectivity index (χ0n) is 10.6. The van der Waals surface area contributed by atoms with E-state index in [4.69, 9.17) is 5.11 Å². The maximum absolute atomic E-state index is 12.5. The molecule has 1 heterocycles. The Morgan fingerprint density at radius 2 is 1.90 bits per heavy atom. The lowest BCUT2D eigenvalue weighted by atomic mass is 10.1. The van der Waals surface area contributed by atoms with Crippen LogP contribution in [0.2, 0.25) is 0 Å². The molecule has 112 valence electrons. The fraction of sp³-hybridized carbons (Fsp3) is 0.231. The van der Waals surface area contributed by atoms with Crippen LogP contribution in [0.15, 0.2) is 29.6 Å². The number of thiophene rings is 1. The van der Waals surface area contributed by atoms with Crippen LogP contribution < -0.4 is 0 Å². The predicted molar refractivity (Wildman–Crippen MR) is 71.4 cm³/mol. The molecule has 0 unspecified atom stereocenters. The highest BCUT2D eigenvalue weighted by Gasteiger charge is 2.34. The van der Waals surface area contributed by atoms with E-state index in [9.17, 15) is 22.8 Å². The van der Waals surface area contributed by atoms with Crippen LogP contribution in [0.3, 0.4) is 0 Å². The number of nitrogens with zero attached hydrogens (tertiary/aromatic N) is 1. The molecule has 2 rings (SSSR count). The summed E-state index contributed by atoms with van der Waals surface area (Å²) in [7, 11) is 0. The van der Waals surface area contributed by atoms with Crippen molar-refractivity contribution in [1.29, 1.82) is 0 Å². The normalized spacial score (nSPS) is 11.6. The molecule has 0 spiro atoms. The Labute approximate surface area is 121 Å². The fourth-order valence-electron chi connectivity index (χ4n) is 1.89. The smallest absolute Gasteiger partial charge is 0.406 e. The van der Waals surface area contributed by atoms with E-state index in [0.717, 1.165) is 4.70 Å². The minimum absolute atomic E-state index is 0.0844. The lowest BCUT2D eigenvalue weighted by molar-refractivity contribution is -0.149. The van der Waals surface area contributed by atoms with Crippen molar-refractivity contribution in [1.82, 2.24) is 4.90 Å². The molecule has 0 atom stereocenters. The molecule has 1 aromatic heterocycles. The summed E-state index contributed by atoms with van der Waals surface area (Å²) in [6.45, 7) is -2.59. The molecule has 0 bridgehead atoms. The van der Waals surface area contributed by atoms with Crippen LogP contribution in [-0.4, -0.2) is 41.1 Å². The molecule has 0 fully saturated rings. The third-order valence-electron chi connectivity index (χ3n) is 2.69. The van der Waals surface area contributed by atoms with Crippen LogP contribution >= 0.6 is 11.3 Å². The first-order valence-corrected chi connectivity index (χ1v) is 6.70. The van der Waals surface area contributed by atoms with Crippen LogP contribution in [0.4, 0.5) is 13.2 Å². The number of halogens is 3. The number of carboxylic acids is 1. The molecule has 0 aliphatic heterocycles. The van der Waals surface area contributed by atoms with Crippen molar-refractivity contribution >= 4 is 33.3 Å². The van der Waals surface area contributed by atoms with Crippen LogP contribution in [0.1, 0.15) is 10.4 Å². The van der Waals surface area contributed by atoms with Crippen LogP contribution in [0.25, 0.3) is 10.1 Å². The number of fused-ring (bicyclic) bond motifs is 1. The maximum atomic E-state index is 12.5. The van der Waals surface area contributed by atoms with Gasteiger partial charge in [0.1, 0.15) is 13.1 Å². The lowest BCUT2D eigenvalue weighted by Crippen LogP contribution is -2.42. The summed E-state index contributed by atoms with van der Waals surface area (Å²) in [4.78, 5) is 23.2. The topological polar surface area (TPSA) is 57.6 Å². The van der Waals surface area contributed by atoms with E-state index in [2.05, 4.69) is 0 Å². The monoisotopic (exact) mass is 317 g/mol. The zero-order valence-corrected chi connectivity index (χ0v) is 11.4. The second-order valence-corrected chi connectivity index (χ2v) is 5.23. The van der Waals surface area contributed by atoms with Crippen molar-refractivity contribution in [3.63, 3.8) is 0 Å². The largest absolute Gasteiger partial charge is 0.480 e. The Morgan fingerprint density at radius 3 is 2.52 bits per heavy atom. The van der Waals surface area contributed by atoms with Crippen molar-refractivity contribution < 1.29 is 27.9 Å². The third-order valence-corrected chi connectivity index (χ3v) is 3.66. The Balaban J connectivity index is 2.35. The number of hydrogen-bond acceptors (Lipinski definition) is 3. The van der Waals surface area contributed by atoms with Gasteiger partial charge in [0.15, 0.2) is 0 Å². The minimum atomic E-state index is -4.66. The molecule has 21 heavy (non-hydrogen) atoms. The number of rotatable bonds is 4. The van der Waals surface area contributed by atoms with Crippen molar-refractivity contribution in [3.8, 4) is 0 Å². The van der Waals surface area contributed by atoms with E-state index in [1.54, 1.807) is 24.3 Å². The second kappa shape index (κ2) is 5.72. The number of benzene rings is 1. The third kappa shape index (κ3) is 3.72. The van der Waals surface area contributed by atoms with Gasteiger partial charge in [0.25, 0.3) is 5.91 Å². The molecule has 0 saturated heterocycles. The standard InChI is InChI=1S/C13H10F3NO3S/c14-13(15,16)7-17(5-11(18)19)12(20)9-6-21-10-4-2-1-3-8(9)10/h1-4,6H,5,7H2,(H,18,19). The van der Waals surface area contributed by atoms with Gasteiger partial charge in [-0.3, -0.25) is 9.59 Å². The number of carbonyl (C=O) groups excluding carboxylic acids is 1. The lowest BCUT2D eigenvalue weighted by Gasteiger charge is -2.21. The summed E-state index contributed by atoms with van der Waals surface area (Å²) in [6.07, 6.45) is -4.66. The molecule has 8 heteroatoms. The molecule has 1 N–H and O–H groups in total. The number of carboxylic acid groups (broad SMARTS) is 1. The summed E-state index contributed by atoms with van der Waals surface area (Å²) < 4.78 is 38.2. The van der Waals surface area contributed by atoms with Gasteiger partial charge >= 0.3 is 12.1 Å². The molecule has 1 amide bonds. The SMILES string of the molecule is O=C(O)CN(CC(F)(F)F)C(=O)c1csc2ccccc12. The molecular weight excluding hydrogens is 307 g/mol. The number of hydrogen-bond donors (Lipinski definition) is 1. The van der Waals surface area contributed by atoms with Gasteiger partial charge in [-0.2, -0.15) is 13.2 Å². The molecule has 4 nitrogen and oxygen atoms in total. The summed E-state index contributed by atoms with van der Waals surface area (Å²) in [6, 6.07) is 6.77. The van der Waals surface area contributed by atoms with Crippen molar-refractivity contribution in [3.05, 3.63) is 35.2 Å². The Morgan fingerprint density at radius 1 is 1.24 bits per heavy atom. The molecule has 1 aromatic carbocycles. The highest BCUT2D eigenvalue weighted by molar-refractivity contribution is 7.17. The maximum Gasteiger partial charge on any atom is 0.406 e. The average molecular weight is 317 g/mol. The van der Waals surface area contributed by atoms with E-state index in [1.165, 1.54) is 16.7 Å². The van der Waals surface area contributed by atoms with Gasteiger partial charge in [-0.25, -0.2) is 0 Å². The molecule has 0 radical (unpaired) electrons. The first-order valence-electron chi connectivity index (χ1n) is 5.82. The van der Waals surface area contributed by atoms with E-state index < -0.39 is 31.1 Å². The number of amides is 1. The first kappa shape index (κ1) is 15.3. The highest BCUT2D eigenvalue weighted by atomic mass is 32.1. The van der Waals surface area contributed by atoms with Crippen molar-refractivity contribution in [2.45, 2.75) is 6.18 Å². The molecule has 0 aliphatic rings. The van der Waals surface area contributed by atoms with E-state index in [-0.39, 0.29) is 10.5 Å². The Bertz CT molecular complexity index is 681. The summed E-state index contributed by atoms with van der Waals surface area (Å²) >= 11 is 1.22. The summed E-state index contributed by atoms with van der Waals surface area (Å²) in [5.74, 6) is -2.43. The molecule has 0 saturated carbocycles. The van der Waals surface area contributed by atoms with Crippen LogP contribution in [0.5, 0.6) is 0 Å². The van der Waals surface area contributed by atoms with Gasteiger partial charge in [-0.15, -0.1) is 11.3 Å². The van der Waals surface area contributed by atoms with Crippen LogP contribution in [0, 0.1) is 0 Å². The van der Waals surface area contributed by atoms with E-state index in [1.807, 2.05) is 0 Å². The Kier molecular flexibility index (Phi) is 4.17. The number of alkyl halides is 3. The van der Waals surface area contributed by atoms with Gasteiger partial charge in [0.2, 0.25) is 0 Å². The van der Waals surface area contributed by atoms with Gasteiger partial charge in [0.05, 0.1) is 5.56 Å². The second-order valence-electron chi connectivity index (χ2n) is 4.32. The Hall–Kier alpha value is -2.09. The van der Waals surface area contributed by atoms with Gasteiger partial charge in [-0.05, 0) is 6.07 Å². The predicted octanol–water partition coefficient (Wildman–Crippen LogP) is 2.99. The van der Waals surface area contributed by atoms with Gasteiger partial charge in [-0.1, -0.05) is 18.2 Å². The minimum Gasteiger partial charge on any atom is -0.480 e. The quantitative estimate of drug-likeness (QED) is 0.943.